The first-order valence-corrected chi connectivity index (χ1v) is 5.84. The fourth-order valence-electron chi connectivity index (χ4n) is 1.82. The van der Waals surface area contributed by atoms with Gasteiger partial charge in [-0.05, 0) is 11.1 Å². The zero-order valence-corrected chi connectivity index (χ0v) is 9.67. The summed E-state index contributed by atoms with van der Waals surface area (Å²) in [7, 11) is 0. The summed E-state index contributed by atoms with van der Waals surface area (Å²) in [5.41, 5.74) is 2.54. The molecular weight excluding hydrogens is 226 g/mol. The second kappa shape index (κ2) is 5.32. The molecule has 0 unspecified atom stereocenters. The maximum Gasteiger partial charge on any atom is 0.235 e. The minimum absolute atomic E-state index is 0.00328. The molecule has 1 heterocycles. The summed E-state index contributed by atoms with van der Waals surface area (Å²) in [6, 6.07) is 8.22. The molecule has 0 bridgehead atoms. The number of amides is 1. The van der Waals surface area contributed by atoms with Crippen LogP contribution in [0, 0.1) is 0 Å². The van der Waals surface area contributed by atoms with Crippen LogP contribution in [0.3, 0.4) is 0 Å². The van der Waals surface area contributed by atoms with E-state index >= 15 is 0 Å². The third-order valence-electron chi connectivity index (χ3n) is 2.69. The lowest BCUT2D eigenvalue weighted by Gasteiger charge is -2.25. The third-order valence-corrected chi connectivity index (χ3v) is 2.93. The van der Waals surface area contributed by atoms with Gasteiger partial charge in [-0.1, -0.05) is 24.3 Å². The Kier molecular flexibility index (Phi) is 3.80. The molecule has 1 aliphatic heterocycles. The molecule has 0 aromatic heterocycles. The van der Waals surface area contributed by atoms with Crippen molar-refractivity contribution in [1.82, 2.24) is 5.32 Å². The van der Waals surface area contributed by atoms with Gasteiger partial charge in [0.25, 0.3) is 0 Å². The van der Waals surface area contributed by atoms with Crippen LogP contribution in [-0.2, 0) is 22.6 Å². The van der Waals surface area contributed by atoms with Crippen molar-refractivity contribution < 1.29 is 9.53 Å². The Morgan fingerprint density at radius 2 is 2.19 bits per heavy atom. The number of hydrogen-bond acceptors (Lipinski definition) is 2. The topological polar surface area (TPSA) is 38.3 Å². The normalized spacial score (nSPS) is 18.9. The minimum Gasteiger partial charge on any atom is -0.371 e. The molecule has 86 valence electrons. The average molecular weight is 240 g/mol. The number of ether oxygens (including phenoxy) is 1. The quantitative estimate of drug-likeness (QED) is 0.812. The van der Waals surface area contributed by atoms with Crippen LogP contribution in [0.4, 0.5) is 0 Å². The Labute approximate surface area is 99.7 Å². The Balaban J connectivity index is 1.90. The van der Waals surface area contributed by atoms with E-state index in [2.05, 4.69) is 17.4 Å². The SMILES string of the molecule is O=C(CCl)NC[C@H]1Cc2ccccc2CO1. The molecule has 0 saturated heterocycles. The van der Waals surface area contributed by atoms with Crippen LogP contribution in [0.1, 0.15) is 11.1 Å². The van der Waals surface area contributed by atoms with Gasteiger partial charge in [-0.15, -0.1) is 11.6 Å². The molecule has 1 aromatic carbocycles. The van der Waals surface area contributed by atoms with Crippen LogP contribution in [0.2, 0.25) is 0 Å². The summed E-state index contributed by atoms with van der Waals surface area (Å²) in [4.78, 5) is 11.0. The first-order chi connectivity index (χ1) is 7.79. The lowest BCUT2D eigenvalue weighted by molar-refractivity contribution is -0.119. The Morgan fingerprint density at radius 1 is 1.44 bits per heavy atom. The van der Waals surface area contributed by atoms with Crippen molar-refractivity contribution in [2.45, 2.75) is 19.1 Å². The van der Waals surface area contributed by atoms with E-state index in [9.17, 15) is 4.79 Å². The molecule has 16 heavy (non-hydrogen) atoms. The van der Waals surface area contributed by atoms with E-state index in [1.54, 1.807) is 0 Å². The lowest BCUT2D eigenvalue weighted by atomic mass is 9.99. The molecule has 0 fully saturated rings. The minimum atomic E-state index is -0.149. The molecule has 0 radical (unpaired) electrons. The predicted octanol–water partition coefficient (Wildman–Crippen LogP) is 1.48. The third kappa shape index (κ3) is 2.74. The van der Waals surface area contributed by atoms with Gasteiger partial charge >= 0.3 is 0 Å². The van der Waals surface area contributed by atoms with Crippen molar-refractivity contribution >= 4 is 17.5 Å². The highest BCUT2D eigenvalue weighted by molar-refractivity contribution is 6.27. The van der Waals surface area contributed by atoms with E-state index in [0.29, 0.717) is 13.2 Å². The molecule has 3 nitrogen and oxygen atoms in total. The molecule has 4 heteroatoms. The smallest absolute Gasteiger partial charge is 0.235 e. The summed E-state index contributed by atoms with van der Waals surface area (Å²) >= 11 is 5.40. The highest BCUT2D eigenvalue weighted by Crippen LogP contribution is 2.19. The van der Waals surface area contributed by atoms with Gasteiger partial charge in [0.2, 0.25) is 5.91 Å². The second-order valence-corrected chi connectivity index (χ2v) is 4.11. The summed E-state index contributed by atoms with van der Waals surface area (Å²) in [6.07, 6.45) is 0.903. The van der Waals surface area contributed by atoms with Gasteiger partial charge in [0.05, 0.1) is 12.7 Å². The molecule has 0 spiro atoms. The number of benzene rings is 1. The molecule has 1 amide bonds. The highest BCUT2D eigenvalue weighted by atomic mass is 35.5. The van der Waals surface area contributed by atoms with Gasteiger partial charge in [0.15, 0.2) is 0 Å². The van der Waals surface area contributed by atoms with Gasteiger partial charge in [-0.3, -0.25) is 4.79 Å². The zero-order chi connectivity index (χ0) is 11.4. The number of fused-ring (bicyclic) bond motifs is 1. The van der Waals surface area contributed by atoms with Gasteiger partial charge in [-0.2, -0.15) is 0 Å². The summed E-state index contributed by atoms with van der Waals surface area (Å²) < 4.78 is 5.64. The van der Waals surface area contributed by atoms with E-state index in [0.717, 1.165) is 6.42 Å². The maximum atomic E-state index is 11.0. The largest absolute Gasteiger partial charge is 0.371 e. The van der Waals surface area contributed by atoms with E-state index < -0.39 is 0 Å². The molecule has 2 rings (SSSR count). The number of carbonyl (C=O) groups excluding carboxylic acids is 1. The van der Waals surface area contributed by atoms with Crippen LogP contribution < -0.4 is 5.32 Å². The van der Waals surface area contributed by atoms with Crippen LogP contribution >= 0.6 is 11.6 Å². The first-order valence-electron chi connectivity index (χ1n) is 5.30. The van der Waals surface area contributed by atoms with Gasteiger partial charge in [0.1, 0.15) is 5.88 Å². The number of rotatable bonds is 3. The fourth-order valence-corrected chi connectivity index (χ4v) is 1.91. The molecule has 1 N–H and O–H groups in total. The highest BCUT2D eigenvalue weighted by Gasteiger charge is 2.18. The van der Waals surface area contributed by atoms with E-state index in [1.807, 2.05) is 12.1 Å². The van der Waals surface area contributed by atoms with E-state index in [-0.39, 0.29) is 17.9 Å². The van der Waals surface area contributed by atoms with Crippen molar-refractivity contribution in [2.75, 3.05) is 12.4 Å². The zero-order valence-electron chi connectivity index (χ0n) is 8.91. The maximum absolute atomic E-state index is 11.0. The predicted molar refractivity (Wildman–Crippen MR) is 62.5 cm³/mol. The summed E-state index contributed by atoms with van der Waals surface area (Å²) in [5, 5.41) is 2.74. The molecular formula is C12H14ClNO2. The van der Waals surface area contributed by atoms with Gasteiger partial charge in [0, 0.05) is 13.0 Å². The van der Waals surface area contributed by atoms with Gasteiger partial charge < -0.3 is 10.1 Å². The van der Waals surface area contributed by atoms with Crippen LogP contribution in [-0.4, -0.2) is 24.4 Å². The van der Waals surface area contributed by atoms with E-state index in [1.165, 1.54) is 11.1 Å². The van der Waals surface area contributed by atoms with Crippen LogP contribution in [0.5, 0.6) is 0 Å². The average Bonchev–Trinajstić information content (AvgIpc) is 2.35. The number of carbonyl (C=O) groups is 1. The van der Waals surface area contributed by atoms with Crippen molar-refractivity contribution in [1.29, 1.82) is 0 Å². The van der Waals surface area contributed by atoms with Gasteiger partial charge in [-0.25, -0.2) is 0 Å². The van der Waals surface area contributed by atoms with E-state index in [4.69, 9.17) is 16.3 Å². The first kappa shape index (κ1) is 11.4. The van der Waals surface area contributed by atoms with Crippen molar-refractivity contribution in [3.63, 3.8) is 0 Å². The molecule has 1 aliphatic rings. The lowest BCUT2D eigenvalue weighted by Crippen LogP contribution is -2.37. The van der Waals surface area contributed by atoms with Crippen LogP contribution in [0.15, 0.2) is 24.3 Å². The molecule has 1 atom stereocenters. The second-order valence-electron chi connectivity index (χ2n) is 3.84. The van der Waals surface area contributed by atoms with Crippen molar-refractivity contribution in [2.24, 2.45) is 0 Å². The number of nitrogens with one attached hydrogen (secondary N) is 1. The monoisotopic (exact) mass is 239 g/mol. The Bertz CT molecular complexity index is 381. The van der Waals surface area contributed by atoms with Crippen molar-refractivity contribution in [3.05, 3.63) is 35.4 Å². The summed E-state index contributed by atoms with van der Waals surface area (Å²) in [6.45, 7) is 1.15. The number of hydrogen-bond donors (Lipinski definition) is 1. The summed E-state index contributed by atoms with van der Waals surface area (Å²) in [5.74, 6) is -0.146. The molecule has 0 saturated carbocycles. The Hall–Kier alpha value is -1.06. The van der Waals surface area contributed by atoms with Crippen LogP contribution in [0.25, 0.3) is 0 Å². The molecule has 1 aromatic rings. The molecule has 0 aliphatic carbocycles. The fraction of sp³-hybridized carbons (Fsp3) is 0.417. The standard InChI is InChI=1S/C12H14ClNO2/c13-6-12(15)14-7-11-5-9-3-1-2-4-10(9)8-16-11/h1-4,11H,5-8H2,(H,14,15)/t11-/m1/s1. The number of alkyl halides is 1. The number of halogens is 1. The van der Waals surface area contributed by atoms with Crippen molar-refractivity contribution in [3.8, 4) is 0 Å². The Morgan fingerprint density at radius 3 is 2.94 bits per heavy atom.